The number of nitro benzene ring substituents is 2. The minimum Gasteiger partial charge on any atom is -0.493 e. The Balaban J connectivity index is 0.000000292. The summed E-state index contributed by atoms with van der Waals surface area (Å²) in [5.41, 5.74) is -0.744. The van der Waals surface area contributed by atoms with Crippen molar-refractivity contribution < 1.29 is 38.4 Å². The van der Waals surface area contributed by atoms with Crippen LogP contribution in [0.4, 0.5) is 21.0 Å². The second-order valence-corrected chi connectivity index (χ2v) is 14.2. The third-order valence-electron chi connectivity index (χ3n) is 6.91. The number of hydrogen-bond acceptors (Lipinski definition) is 12. The highest BCUT2D eigenvalue weighted by Gasteiger charge is 2.26. The minimum absolute atomic E-state index is 0.0469. The number of non-ortho nitro benzene ring substituents is 2. The minimum atomic E-state index is -0.479. The molecule has 2 aliphatic heterocycles. The van der Waals surface area contributed by atoms with Crippen molar-refractivity contribution in [3.05, 3.63) is 68.8 Å². The average molecular weight is 784 g/mol. The third-order valence-corrected chi connectivity index (χ3v) is 7.23. The van der Waals surface area contributed by atoms with Gasteiger partial charge >= 0.3 is 12.2 Å². The predicted molar refractivity (Wildman–Crippen MR) is 196 cm³/mol. The standard InChI is InChI=1S/C17H25N3O5.C9H18N2O2.C8H8BrNO3/c1-17(2,3)25-16(21)19-10-8-18(9-11-19)12-13-24-15-6-4-14(5-7-15)20(22)23;1-9(2,3)13-8(12)11-6-4-10-5-7-11;9-5-6-13-8-3-1-7(2-4-8)10(11)12/h4-7H,8-13H2,1-3H3;10H,4-7H2,1-3H3;1-4H,5-6H2. The van der Waals surface area contributed by atoms with Gasteiger partial charge in [0.05, 0.1) is 16.5 Å². The second kappa shape index (κ2) is 21.2. The lowest BCUT2D eigenvalue weighted by Gasteiger charge is -2.35. The van der Waals surface area contributed by atoms with Crippen LogP contribution >= 0.6 is 15.9 Å². The molecule has 284 valence electrons. The van der Waals surface area contributed by atoms with E-state index in [0.29, 0.717) is 37.8 Å². The molecule has 0 radical (unpaired) electrons. The van der Waals surface area contributed by atoms with Gasteiger partial charge in [0.25, 0.3) is 11.4 Å². The first-order chi connectivity index (χ1) is 24.0. The number of nitrogens with one attached hydrogen (secondary N) is 1. The van der Waals surface area contributed by atoms with Crippen LogP contribution in [0.25, 0.3) is 0 Å². The summed E-state index contributed by atoms with van der Waals surface area (Å²) in [6, 6.07) is 12.1. The number of piperazine rings is 2. The number of ether oxygens (including phenoxy) is 4. The van der Waals surface area contributed by atoms with Gasteiger partial charge in [-0.25, -0.2) is 9.59 Å². The summed E-state index contributed by atoms with van der Waals surface area (Å²) in [5.74, 6) is 1.25. The molecule has 2 aromatic carbocycles. The van der Waals surface area contributed by atoms with E-state index in [1.54, 1.807) is 34.1 Å². The van der Waals surface area contributed by atoms with Crippen molar-refractivity contribution in [2.24, 2.45) is 0 Å². The van der Waals surface area contributed by atoms with E-state index in [9.17, 15) is 29.8 Å². The smallest absolute Gasteiger partial charge is 0.410 e. The van der Waals surface area contributed by atoms with Crippen LogP contribution in [-0.4, -0.2) is 125 Å². The predicted octanol–water partition coefficient (Wildman–Crippen LogP) is 5.72. The monoisotopic (exact) mass is 782 g/mol. The normalized spacial score (nSPS) is 14.9. The lowest BCUT2D eigenvalue weighted by molar-refractivity contribution is -0.385. The fourth-order valence-electron chi connectivity index (χ4n) is 4.43. The SMILES string of the molecule is CC(C)(C)OC(=O)N1CCN(CCOc2ccc([N+](=O)[O-])cc2)CC1.CC(C)(C)OC(=O)N1CCNCC1.O=[N+]([O-])c1ccc(OCCBr)cc1. The van der Waals surface area contributed by atoms with E-state index in [4.69, 9.17) is 18.9 Å². The van der Waals surface area contributed by atoms with Crippen LogP contribution in [0.3, 0.4) is 0 Å². The summed E-state index contributed by atoms with van der Waals surface area (Å²) in [6.45, 7) is 19.0. The fraction of sp³-hybridized carbons (Fsp3) is 0.588. The van der Waals surface area contributed by atoms with E-state index >= 15 is 0 Å². The van der Waals surface area contributed by atoms with E-state index in [-0.39, 0.29) is 29.2 Å². The lowest BCUT2D eigenvalue weighted by atomic mass is 10.2. The lowest BCUT2D eigenvalue weighted by Crippen LogP contribution is -2.50. The van der Waals surface area contributed by atoms with E-state index in [2.05, 4.69) is 26.1 Å². The molecule has 0 saturated carbocycles. The van der Waals surface area contributed by atoms with E-state index in [1.807, 2.05) is 41.5 Å². The van der Waals surface area contributed by atoms with Crippen molar-refractivity contribution in [3.63, 3.8) is 0 Å². The number of halogens is 1. The molecule has 2 aromatic rings. The van der Waals surface area contributed by atoms with Crippen LogP contribution < -0.4 is 14.8 Å². The number of amides is 2. The summed E-state index contributed by atoms with van der Waals surface area (Å²) in [5, 5.41) is 24.8. The van der Waals surface area contributed by atoms with Gasteiger partial charge in [0.1, 0.15) is 29.3 Å². The third kappa shape index (κ3) is 18.0. The largest absolute Gasteiger partial charge is 0.493 e. The molecule has 0 atom stereocenters. The molecule has 2 amide bonds. The first-order valence-electron chi connectivity index (χ1n) is 16.7. The van der Waals surface area contributed by atoms with Gasteiger partial charge in [-0.1, -0.05) is 15.9 Å². The zero-order chi connectivity index (χ0) is 38.0. The van der Waals surface area contributed by atoms with Gasteiger partial charge in [0.15, 0.2) is 0 Å². The number of alkyl halides is 1. The molecular weight excluding hydrogens is 732 g/mol. The molecule has 0 unspecified atom stereocenters. The summed E-state index contributed by atoms with van der Waals surface area (Å²) in [6.07, 6.45) is -0.469. The number of nitrogens with zero attached hydrogens (tertiary/aromatic N) is 5. The molecule has 2 fully saturated rings. The van der Waals surface area contributed by atoms with Crippen LogP contribution in [0, 0.1) is 20.2 Å². The zero-order valence-corrected chi connectivity index (χ0v) is 31.9. The Morgan fingerprint density at radius 1 is 0.686 bits per heavy atom. The first-order valence-corrected chi connectivity index (χ1v) is 17.8. The highest BCUT2D eigenvalue weighted by molar-refractivity contribution is 9.09. The topological polar surface area (TPSA) is 179 Å². The average Bonchev–Trinajstić information content (AvgIpc) is 3.07. The van der Waals surface area contributed by atoms with Gasteiger partial charge in [-0.3, -0.25) is 25.1 Å². The van der Waals surface area contributed by atoms with Crippen molar-refractivity contribution in [1.29, 1.82) is 0 Å². The molecule has 0 spiro atoms. The summed E-state index contributed by atoms with van der Waals surface area (Å²) in [7, 11) is 0. The maximum atomic E-state index is 12.0. The van der Waals surface area contributed by atoms with Crippen molar-refractivity contribution in [2.45, 2.75) is 52.7 Å². The number of nitro groups is 2. The van der Waals surface area contributed by atoms with Crippen LogP contribution in [0.5, 0.6) is 11.5 Å². The number of benzene rings is 2. The Morgan fingerprint density at radius 2 is 1.08 bits per heavy atom. The highest BCUT2D eigenvalue weighted by atomic mass is 79.9. The molecule has 2 heterocycles. The van der Waals surface area contributed by atoms with Crippen LogP contribution in [0.15, 0.2) is 48.5 Å². The quantitative estimate of drug-likeness (QED) is 0.186. The van der Waals surface area contributed by atoms with E-state index in [1.165, 1.54) is 24.3 Å². The first kappa shape index (κ1) is 42.9. The van der Waals surface area contributed by atoms with Crippen LogP contribution in [0.2, 0.25) is 0 Å². The van der Waals surface area contributed by atoms with Gasteiger partial charge in [-0.2, -0.15) is 0 Å². The second-order valence-electron chi connectivity index (χ2n) is 13.4. The van der Waals surface area contributed by atoms with Gasteiger partial charge in [0.2, 0.25) is 0 Å². The Morgan fingerprint density at radius 3 is 1.45 bits per heavy atom. The van der Waals surface area contributed by atoms with E-state index < -0.39 is 15.4 Å². The van der Waals surface area contributed by atoms with Gasteiger partial charge < -0.3 is 34.1 Å². The van der Waals surface area contributed by atoms with Gasteiger partial charge in [0, 0.05) is 88.5 Å². The van der Waals surface area contributed by atoms with Crippen molar-refractivity contribution in [1.82, 2.24) is 20.0 Å². The molecular formula is C34H51BrN6O10. The molecule has 2 aliphatic rings. The Labute approximate surface area is 307 Å². The number of carbonyl (C=O) groups is 2. The molecule has 17 heteroatoms. The van der Waals surface area contributed by atoms with E-state index in [0.717, 1.165) is 51.1 Å². The molecule has 0 bridgehead atoms. The molecule has 51 heavy (non-hydrogen) atoms. The number of rotatable bonds is 9. The Hall–Kier alpha value is -4.22. The van der Waals surface area contributed by atoms with Gasteiger partial charge in [-0.05, 0) is 65.8 Å². The molecule has 4 rings (SSSR count). The zero-order valence-electron chi connectivity index (χ0n) is 30.3. The fourth-order valence-corrected chi connectivity index (χ4v) is 4.59. The van der Waals surface area contributed by atoms with Crippen LogP contribution in [-0.2, 0) is 9.47 Å². The summed E-state index contributed by atoms with van der Waals surface area (Å²) in [4.78, 5) is 49.2. The van der Waals surface area contributed by atoms with Crippen molar-refractivity contribution >= 4 is 39.5 Å². The number of carbonyl (C=O) groups excluding carboxylic acids is 2. The Bertz CT molecular complexity index is 1370. The maximum Gasteiger partial charge on any atom is 0.410 e. The molecule has 16 nitrogen and oxygen atoms in total. The highest BCUT2D eigenvalue weighted by Crippen LogP contribution is 2.19. The number of hydrogen-bond donors (Lipinski definition) is 1. The molecule has 0 aliphatic carbocycles. The molecule has 2 saturated heterocycles. The maximum absolute atomic E-state index is 12.0. The summed E-state index contributed by atoms with van der Waals surface area (Å²) < 4.78 is 21.4. The van der Waals surface area contributed by atoms with Crippen molar-refractivity contribution in [2.75, 3.05) is 77.4 Å². The molecule has 1 N–H and O–H groups in total. The Kier molecular flexibility index (Phi) is 17.9. The van der Waals surface area contributed by atoms with Crippen molar-refractivity contribution in [3.8, 4) is 11.5 Å². The van der Waals surface area contributed by atoms with Crippen LogP contribution in [0.1, 0.15) is 41.5 Å². The molecule has 0 aromatic heterocycles. The van der Waals surface area contributed by atoms with Gasteiger partial charge in [-0.15, -0.1) is 0 Å². The summed E-state index contributed by atoms with van der Waals surface area (Å²) >= 11 is 3.21.